The number of benzene rings is 3. The third-order valence-corrected chi connectivity index (χ3v) is 5.23. The molecule has 0 aliphatic heterocycles. The van der Waals surface area contributed by atoms with Crippen LogP contribution in [0.4, 0.5) is 20.2 Å². The van der Waals surface area contributed by atoms with Gasteiger partial charge in [0.05, 0.1) is 0 Å². The van der Waals surface area contributed by atoms with Gasteiger partial charge in [0.15, 0.2) is 0 Å². The average Bonchev–Trinajstić information content (AvgIpc) is 2.78. The summed E-state index contributed by atoms with van der Waals surface area (Å²) in [5.41, 5.74) is 2.88. The average molecular weight is 466 g/mol. The zero-order chi connectivity index (χ0) is 24.8. The molecule has 0 unspecified atom stereocenters. The van der Waals surface area contributed by atoms with Gasteiger partial charge in [0.25, 0.3) is 11.8 Å². The molecule has 3 aromatic rings. The van der Waals surface area contributed by atoms with Crippen LogP contribution < -0.4 is 10.2 Å². The van der Waals surface area contributed by atoms with Gasteiger partial charge in [-0.05, 0) is 72.1 Å². The zero-order valence-electron chi connectivity index (χ0n) is 19.8. The van der Waals surface area contributed by atoms with Crippen LogP contribution in [0.2, 0.25) is 0 Å². The normalized spacial score (nSPS) is 10.8. The fourth-order valence-corrected chi connectivity index (χ4v) is 3.70. The molecule has 2 amide bonds. The first-order chi connectivity index (χ1) is 16.1. The van der Waals surface area contributed by atoms with E-state index in [9.17, 15) is 18.4 Å². The lowest BCUT2D eigenvalue weighted by atomic mass is 10.1. The first-order valence-corrected chi connectivity index (χ1v) is 11.1. The largest absolute Gasteiger partial charge is 0.377 e. The van der Waals surface area contributed by atoms with E-state index in [-0.39, 0.29) is 17.4 Å². The van der Waals surface area contributed by atoms with Crippen molar-refractivity contribution in [2.24, 2.45) is 5.92 Å². The Hall–Kier alpha value is -3.74. The molecule has 0 saturated carbocycles. The quantitative estimate of drug-likeness (QED) is 0.472. The predicted octanol–water partition coefficient (Wildman–Crippen LogP) is 5.58. The molecule has 5 nitrogen and oxygen atoms in total. The molecule has 3 aromatic carbocycles. The molecule has 0 aliphatic carbocycles. The van der Waals surface area contributed by atoms with Crippen LogP contribution in [-0.4, -0.2) is 37.4 Å². The smallest absolute Gasteiger partial charge is 0.255 e. The van der Waals surface area contributed by atoms with Crippen LogP contribution >= 0.6 is 0 Å². The lowest BCUT2D eigenvalue weighted by Crippen LogP contribution is -2.34. The van der Waals surface area contributed by atoms with Crippen LogP contribution in [0, 0.1) is 17.6 Å². The maximum absolute atomic E-state index is 13.5. The van der Waals surface area contributed by atoms with E-state index in [1.807, 2.05) is 45.0 Å². The Morgan fingerprint density at radius 1 is 0.882 bits per heavy atom. The SMILES string of the molecule is CC(C)CN(Cc1cc(NC(=O)c2cccc(F)c2)ccc1N(C)C)C(=O)c1ccc(F)cc1. The Bertz CT molecular complexity index is 1160. The molecule has 0 spiro atoms. The number of carbonyl (C=O) groups excluding carboxylic acids is 2. The molecule has 0 saturated heterocycles. The lowest BCUT2D eigenvalue weighted by Gasteiger charge is -2.28. The summed E-state index contributed by atoms with van der Waals surface area (Å²) in [5, 5.41) is 2.80. The minimum Gasteiger partial charge on any atom is -0.377 e. The molecular formula is C27H29F2N3O2. The Morgan fingerprint density at radius 2 is 1.59 bits per heavy atom. The van der Waals surface area contributed by atoms with E-state index >= 15 is 0 Å². The number of halogens is 2. The molecular weight excluding hydrogens is 436 g/mol. The predicted molar refractivity (Wildman–Crippen MR) is 131 cm³/mol. The number of anilines is 2. The van der Waals surface area contributed by atoms with Crippen molar-refractivity contribution < 1.29 is 18.4 Å². The maximum atomic E-state index is 13.5. The van der Waals surface area contributed by atoms with Crippen LogP contribution in [0.15, 0.2) is 66.7 Å². The van der Waals surface area contributed by atoms with Crippen LogP contribution in [0.5, 0.6) is 0 Å². The molecule has 0 aliphatic rings. The van der Waals surface area contributed by atoms with Gasteiger partial charge in [-0.2, -0.15) is 0 Å². The minimum absolute atomic E-state index is 0.201. The lowest BCUT2D eigenvalue weighted by molar-refractivity contribution is 0.0722. The Labute approximate surface area is 199 Å². The maximum Gasteiger partial charge on any atom is 0.255 e. The van der Waals surface area contributed by atoms with Gasteiger partial charge in [0, 0.05) is 49.7 Å². The summed E-state index contributed by atoms with van der Waals surface area (Å²) in [6.45, 7) is 4.84. The molecule has 0 bridgehead atoms. The molecule has 0 atom stereocenters. The van der Waals surface area contributed by atoms with Gasteiger partial charge in [0.1, 0.15) is 11.6 Å². The molecule has 0 fully saturated rings. The van der Waals surface area contributed by atoms with Gasteiger partial charge in [0.2, 0.25) is 0 Å². The van der Waals surface area contributed by atoms with E-state index < -0.39 is 17.5 Å². The van der Waals surface area contributed by atoms with Crippen molar-refractivity contribution in [1.29, 1.82) is 0 Å². The van der Waals surface area contributed by atoms with E-state index in [0.29, 0.717) is 24.3 Å². The van der Waals surface area contributed by atoms with E-state index in [2.05, 4.69) is 5.32 Å². The summed E-state index contributed by atoms with van der Waals surface area (Å²) in [4.78, 5) is 29.5. The molecule has 178 valence electrons. The van der Waals surface area contributed by atoms with Crippen molar-refractivity contribution in [2.75, 3.05) is 30.9 Å². The fourth-order valence-electron chi connectivity index (χ4n) is 3.70. The standard InChI is InChI=1S/C27H29F2N3O2/c1-18(2)16-32(27(34)19-8-10-22(28)11-9-19)17-21-15-24(12-13-25(21)31(3)4)30-26(33)20-6-5-7-23(29)14-20/h5-15,18H,16-17H2,1-4H3,(H,30,33). The topological polar surface area (TPSA) is 52.7 Å². The van der Waals surface area contributed by atoms with Crippen LogP contribution in [-0.2, 0) is 6.54 Å². The monoisotopic (exact) mass is 465 g/mol. The van der Waals surface area contributed by atoms with Crippen molar-refractivity contribution in [3.63, 3.8) is 0 Å². The van der Waals surface area contributed by atoms with Crippen molar-refractivity contribution in [3.05, 3.63) is 95.1 Å². The van der Waals surface area contributed by atoms with Gasteiger partial charge in [-0.1, -0.05) is 19.9 Å². The highest BCUT2D eigenvalue weighted by Gasteiger charge is 2.20. The molecule has 0 aromatic heterocycles. The minimum atomic E-state index is -0.486. The molecule has 34 heavy (non-hydrogen) atoms. The first kappa shape index (κ1) is 24.9. The molecule has 7 heteroatoms. The number of nitrogens with one attached hydrogen (secondary N) is 1. The summed E-state index contributed by atoms with van der Waals surface area (Å²) < 4.78 is 26.9. The van der Waals surface area contributed by atoms with E-state index in [1.54, 1.807) is 17.0 Å². The van der Waals surface area contributed by atoms with Crippen molar-refractivity contribution in [1.82, 2.24) is 4.90 Å². The summed E-state index contributed by atoms with van der Waals surface area (Å²) in [6, 6.07) is 16.4. The van der Waals surface area contributed by atoms with E-state index in [0.717, 1.165) is 11.3 Å². The van der Waals surface area contributed by atoms with E-state index in [1.165, 1.54) is 42.5 Å². The molecule has 0 heterocycles. The molecule has 0 radical (unpaired) electrons. The number of rotatable bonds is 8. The second kappa shape index (κ2) is 10.9. The van der Waals surface area contributed by atoms with E-state index in [4.69, 9.17) is 0 Å². The summed E-state index contributed by atoms with van der Waals surface area (Å²) in [5.74, 6) is -1.30. The second-order valence-electron chi connectivity index (χ2n) is 8.79. The van der Waals surface area contributed by atoms with Crippen molar-refractivity contribution in [2.45, 2.75) is 20.4 Å². The highest BCUT2D eigenvalue weighted by molar-refractivity contribution is 6.04. The number of amides is 2. The third-order valence-electron chi connectivity index (χ3n) is 5.23. The van der Waals surface area contributed by atoms with Crippen LogP contribution in [0.3, 0.4) is 0 Å². The Balaban J connectivity index is 1.90. The van der Waals surface area contributed by atoms with Crippen molar-refractivity contribution >= 4 is 23.2 Å². The van der Waals surface area contributed by atoms with Crippen LogP contribution in [0.1, 0.15) is 40.1 Å². The Kier molecular flexibility index (Phi) is 7.99. The molecule has 3 rings (SSSR count). The fraction of sp³-hybridized carbons (Fsp3) is 0.259. The molecule has 1 N–H and O–H groups in total. The number of carbonyl (C=O) groups is 2. The van der Waals surface area contributed by atoms with Gasteiger partial charge >= 0.3 is 0 Å². The first-order valence-electron chi connectivity index (χ1n) is 11.1. The van der Waals surface area contributed by atoms with Crippen molar-refractivity contribution in [3.8, 4) is 0 Å². The van der Waals surface area contributed by atoms with Gasteiger partial charge in [-0.15, -0.1) is 0 Å². The number of nitrogens with zero attached hydrogens (tertiary/aromatic N) is 2. The van der Waals surface area contributed by atoms with Gasteiger partial charge in [-0.3, -0.25) is 9.59 Å². The highest BCUT2D eigenvalue weighted by Crippen LogP contribution is 2.26. The number of hydrogen-bond donors (Lipinski definition) is 1. The summed E-state index contributed by atoms with van der Waals surface area (Å²) >= 11 is 0. The van der Waals surface area contributed by atoms with Gasteiger partial charge in [-0.25, -0.2) is 8.78 Å². The van der Waals surface area contributed by atoms with Crippen LogP contribution in [0.25, 0.3) is 0 Å². The second-order valence-corrected chi connectivity index (χ2v) is 8.79. The highest BCUT2D eigenvalue weighted by atomic mass is 19.1. The third kappa shape index (κ3) is 6.41. The number of hydrogen-bond acceptors (Lipinski definition) is 3. The summed E-state index contributed by atoms with van der Waals surface area (Å²) in [7, 11) is 3.80. The van der Waals surface area contributed by atoms with Gasteiger partial charge < -0.3 is 15.1 Å². The zero-order valence-corrected chi connectivity index (χ0v) is 19.8. The Morgan fingerprint density at radius 3 is 2.21 bits per heavy atom. The summed E-state index contributed by atoms with van der Waals surface area (Å²) in [6.07, 6.45) is 0.